The van der Waals surface area contributed by atoms with E-state index in [2.05, 4.69) is 22.1 Å². The van der Waals surface area contributed by atoms with Crippen LogP contribution in [0.1, 0.15) is 28.9 Å². The highest BCUT2D eigenvalue weighted by atomic mass is 16.4. The smallest absolute Gasteiger partial charge is 0.356 e. The molecule has 0 unspecified atom stereocenters. The second kappa shape index (κ2) is 8.42. The standard InChI is InChI=1S/C19H22N4O3/c24-18(8-4-7-15-5-2-1-3-6-15)23-11-9-22(10-12-23)17-14-20-16(13-21-17)19(25)26/h1-3,5-6,13-14H,4,7-12H2,(H,25,26). The van der Waals surface area contributed by atoms with Crippen LogP contribution < -0.4 is 4.90 Å². The zero-order valence-corrected chi connectivity index (χ0v) is 14.5. The number of hydrogen-bond donors (Lipinski definition) is 1. The molecule has 0 spiro atoms. The number of carbonyl (C=O) groups excluding carboxylic acids is 1. The molecule has 1 aliphatic rings. The first-order valence-electron chi connectivity index (χ1n) is 8.75. The van der Waals surface area contributed by atoms with E-state index in [0.29, 0.717) is 38.4 Å². The van der Waals surface area contributed by atoms with Crippen LogP contribution in [0.25, 0.3) is 0 Å². The van der Waals surface area contributed by atoms with Crippen molar-refractivity contribution in [2.75, 3.05) is 31.1 Å². The monoisotopic (exact) mass is 354 g/mol. The van der Waals surface area contributed by atoms with Gasteiger partial charge in [-0.05, 0) is 18.4 Å². The number of anilines is 1. The lowest BCUT2D eigenvalue weighted by atomic mass is 10.1. The van der Waals surface area contributed by atoms with Crippen LogP contribution in [0.5, 0.6) is 0 Å². The molecule has 1 aromatic carbocycles. The fourth-order valence-corrected chi connectivity index (χ4v) is 3.03. The third-order valence-corrected chi connectivity index (χ3v) is 4.51. The molecular weight excluding hydrogens is 332 g/mol. The van der Waals surface area contributed by atoms with Gasteiger partial charge in [-0.3, -0.25) is 4.79 Å². The largest absolute Gasteiger partial charge is 0.476 e. The lowest BCUT2D eigenvalue weighted by molar-refractivity contribution is -0.131. The normalized spacial score (nSPS) is 14.3. The minimum absolute atomic E-state index is 0.0685. The van der Waals surface area contributed by atoms with E-state index in [9.17, 15) is 9.59 Å². The van der Waals surface area contributed by atoms with Crippen molar-refractivity contribution in [2.45, 2.75) is 19.3 Å². The van der Waals surface area contributed by atoms with Crippen molar-refractivity contribution in [1.82, 2.24) is 14.9 Å². The second-order valence-electron chi connectivity index (χ2n) is 6.27. The molecular formula is C19H22N4O3. The molecule has 7 nitrogen and oxygen atoms in total. The Balaban J connectivity index is 1.44. The summed E-state index contributed by atoms with van der Waals surface area (Å²) in [4.78, 5) is 35.1. The summed E-state index contributed by atoms with van der Waals surface area (Å²) in [6.07, 6.45) is 5.06. The molecule has 0 aliphatic carbocycles. The summed E-state index contributed by atoms with van der Waals surface area (Å²) in [6.45, 7) is 2.64. The van der Waals surface area contributed by atoms with Gasteiger partial charge < -0.3 is 14.9 Å². The molecule has 26 heavy (non-hydrogen) atoms. The number of nitrogens with zero attached hydrogens (tertiary/aromatic N) is 4. The van der Waals surface area contributed by atoms with Crippen LogP contribution in [-0.4, -0.2) is 58.0 Å². The van der Waals surface area contributed by atoms with Gasteiger partial charge in [0.05, 0.1) is 12.4 Å². The Morgan fingerprint density at radius 3 is 2.35 bits per heavy atom. The van der Waals surface area contributed by atoms with E-state index < -0.39 is 5.97 Å². The molecule has 1 amide bonds. The van der Waals surface area contributed by atoms with Crippen LogP contribution in [0.4, 0.5) is 5.82 Å². The molecule has 7 heteroatoms. The molecule has 0 bridgehead atoms. The molecule has 2 heterocycles. The van der Waals surface area contributed by atoms with E-state index in [4.69, 9.17) is 5.11 Å². The van der Waals surface area contributed by atoms with E-state index >= 15 is 0 Å². The van der Waals surface area contributed by atoms with Gasteiger partial charge >= 0.3 is 5.97 Å². The average molecular weight is 354 g/mol. The van der Waals surface area contributed by atoms with E-state index in [1.165, 1.54) is 18.0 Å². The van der Waals surface area contributed by atoms with E-state index in [0.717, 1.165) is 12.8 Å². The number of aromatic carboxylic acids is 1. The number of piperazine rings is 1. The van der Waals surface area contributed by atoms with Crippen molar-refractivity contribution >= 4 is 17.7 Å². The maximum absolute atomic E-state index is 12.4. The van der Waals surface area contributed by atoms with E-state index in [1.54, 1.807) is 0 Å². The van der Waals surface area contributed by atoms with Crippen LogP contribution >= 0.6 is 0 Å². The summed E-state index contributed by atoms with van der Waals surface area (Å²) in [5, 5.41) is 8.87. The summed E-state index contributed by atoms with van der Waals surface area (Å²) in [5.41, 5.74) is 1.19. The van der Waals surface area contributed by atoms with Crippen LogP contribution in [0.2, 0.25) is 0 Å². The first-order valence-corrected chi connectivity index (χ1v) is 8.75. The maximum Gasteiger partial charge on any atom is 0.356 e. The number of hydrogen-bond acceptors (Lipinski definition) is 5. The van der Waals surface area contributed by atoms with Gasteiger partial charge in [0.2, 0.25) is 5.91 Å². The highest BCUT2D eigenvalue weighted by molar-refractivity contribution is 5.84. The Labute approximate surface area is 152 Å². The summed E-state index contributed by atoms with van der Waals surface area (Å²) in [5.74, 6) is -0.256. The SMILES string of the molecule is O=C(O)c1cnc(N2CCN(C(=O)CCCc3ccccc3)CC2)cn1. The number of carboxylic acids is 1. The van der Waals surface area contributed by atoms with Crippen LogP contribution in [0, 0.1) is 0 Å². The summed E-state index contributed by atoms with van der Waals surface area (Å²) in [6, 6.07) is 10.2. The lowest BCUT2D eigenvalue weighted by Gasteiger charge is -2.35. The quantitative estimate of drug-likeness (QED) is 0.852. The van der Waals surface area contributed by atoms with Crippen molar-refractivity contribution in [3.8, 4) is 0 Å². The molecule has 1 N–H and O–H groups in total. The van der Waals surface area contributed by atoms with Crippen molar-refractivity contribution in [2.24, 2.45) is 0 Å². The van der Waals surface area contributed by atoms with Gasteiger partial charge in [0.15, 0.2) is 5.69 Å². The molecule has 0 atom stereocenters. The number of aromatic nitrogens is 2. The third kappa shape index (κ3) is 4.56. The Hall–Kier alpha value is -2.96. The Morgan fingerprint density at radius 1 is 1.00 bits per heavy atom. The Kier molecular flexibility index (Phi) is 5.78. The van der Waals surface area contributed by atoms with Crippen molar-refractivity contribution < 1.29 is 14.7 Å². The fourth-order valence-electron chi connectivity index (χ4n) is 3.03. The molecule has 0 radical (unpaired) electrons. The van der Waals surface area contributed by atoms with Crippen molar-refractivity contribution in [3.63, 3.8) is 0 Å². The highest BCUT2D eigenvalue weighted by Gasteiger charge is 2.22. The molecule has 0 saturated carbocycles. The Morgan fingerprint density at radius 2 is 1.73 bits per heavy atom. The second-order valence-corrected chi connectivity index (χ2v) is 6.27. The van der Waals surface area contributed by atoms with Crippen molar-refractivity contribution in [1.29, 1.82) is 0 Å². The van der Waals surface area contributed by atoms with E-state index in [1.807, 2.05) is 28.0 Å². The minimum Gasteiger partial charge on any atom is -0.476 e. The van der Waals surface area contributed by atoms with Gasteiger partial charge in [-0.25, -0.2) is 14.8 Å². The van der Waals surface area contributed by atoms with Gasteiger partial charge in [0.25, 0.3) is 0 Å². The zero-order valence-electron chi connectivity index (χ0n) is 14.5. The molecule has 1 aromatic heterocycles. The first-order chi connectivity index (χ1) is 12.6. The van der Waals surface area contributed by atoms with Gasteiger partial charge in [-0.15, -0.1) is 0 Å². The van der Waals surface area contributed by atoms with Gasteiger partial charge in [-0.1, -0.05) is 30.3 Å². The van der Waals surface area contributed by atoms with Gasteiger partial charge in [0.1, 0.15) is 5.82 Å². The molecule has 136 valence electrons. The number of rotatable bonds is 6. The summed E-state index contributed by atoms with van der Waals surface area (Å²) < 4.78 is 0. The number of carbonyl (C=O) groups is 2. The van der Waals surface area contributed by atoms with Crippen LogP contribution in [0.3, 0.4) is 0 Å². The lowest BCUT2D eigenvalue weighted by Crippen LogP contribution is -2.49. The number of amides is 1. The molecule has 3 rings (SSSR count). The predicted octanol–water partition coefficient (Wildman–Crippen LogP) is 1.85. The predicted molar refractivity (Wildman–Crippen MR) is 97.2 cm³/mol. The minimum atomic E-state index is -1.09. The fraction of sp³-hybridized carbons (Fsp3) is 0.368. The molecule has 2 aromatic rings. The van der Waals surface area contributed by atoms with Gasteiger partial charge in [-0.2, -0.15) is 0 Å². The topological polar surface area (TPSA) is 86.6 Å². The third-order valence-electron chi connectivity index (χ3n) is 4.51. The van der Waals surface area contributed by atoms with Gasteiger partial charge in [0, 0.05) is 32.6 Å². The number of benzene rings is 1. The highest BCUT2D eigenvalue weighted by Crippen LogP contribution is 2.14. The number of aryl methyl sites for hydroxylation is 1. The number of carboxylic acid groups (broad SMARTS) is 1. The van der Waals surface area contributed by atoms with Crippen LogP contribution in [0.15, 0.2) is 42.7 Å². The zero-order chi connectivity index (χ0) is 18.4. The average Bonchev–Trinajstić information content (AvgIpc) is 2.69. The molecule has 1 aliphatic heterocycles. The first kappa shape index (κ1) is 17.8. The van der Waals surface area contributed by atoms with Crippen LogP contribution in [-0.2, 0) is 11.2 Å². The summed E-state index contributed by atoms with van der Waals surface area (Å²) in [7, 11) is 0. The molecule has 1 fully saturated rings. The Bertz CT molecular complexity index is 741. The van der Waals surface area contributed by atoms with Crippen molar-refractivity contribution in [3.05, 3.63) is 54.0 Å². The van der Waals surface area contributed by atoms with E-state index in [-0.39, 0.29) is 11.6 Å². The maximum atomic E-state index is 12.4. The molecule has 1 saturated heterocycles. The summed E-state index contributed by atoms with van der Waals surface area (Å²) >= 11 is 0.